The van der Waals surface area contributed by atoms with Crippen molar-refractivity contribution >= 4 is 33.4 Å². The van der Waals surface area contributed by atoms with Gasteiger partial charge < -0.3 is 15.1 Å². The molecule has 0 aliphatic carbocycles. The first-order valence-corrected chi connectivity index (χ1v) is 11.6. The summed E-state index contributed by atoms with van der Waals surface area (Å²) in [7, 11) is 2.14. The number of likely N-dealkylation sites (N-methyl/N-ethyl adjacent to an activating group) is 1. The highest BCUT2D eigenvalue weighted by Gasteiger charge is 2.36. The Labute approximate surface area is 192 Å². The lowest BCUT2D eigenvalue weighted by Crippen LogP contribution is -2.48. The number of nitrogens with one attached hydrogen (secondary N) is 1. The SMILES string of the molecule is CN1CCN(CC(NC(=O)C2CC(=O)N(c3cccc(Br)c3)C2)c2ccccc2)CC1. The number of nitrogens with zero attached hydrogens (tertiary/aromatic N) is 3. The average molecular weight is 485 g/mol. The molecular weight excluding hydrogens is 456 g/mol. The summed E-state index contributed by atoms with van der Waals surface area (Å²) in [6.07, 6.45) is 0.244. The predicted octanol–water partition coefficient (Wildman–Crippen LogP) is 2.91. The Morgan fingerprint density at radius 3 is 2.55 bits per heavy atom. The second-order valence-corrected chi connectivity index (χ2v) is 9.38. The zero-order chi connectivity index (χ0) is 21.8. The Balaban J connectivity index is 1.44. The molecule has 4 rings (SSSR count). The zero-order valence-electron chi connectivity index (χ0n) is 17.8. The number of anilines is 1. The lowest BCUT2D eigenvalue weighted by molar-refractivity contribution is -0.127. The van der Waals surface area contributed by atoms with E-state index in [1.807, 2.05) is 42.5 Å². The molecule has 2 aliphatic rings. The molecule has 0 aromatic heterocycles. The Kier molecular flexibility index (Phi) is 7.05. The molecule has 0 spiro atoms. The molecule has 2 saturated heterocycles. The average Bonchev–Trinajstić information content (AvgIpc) is 3.17. The summed E-state index contributed by atoms with van der Waals surface area (Å²) in [5.41, 5.74) is 1.93. The number of carbonyl (C=O) groups excluding carboxylic acids is 2. The van der Waals surface area contributed by atoms with Crippen molar-refractivity contribution in [2.24, 2.45) is 5.92 Å². The molecule has 1 N–H and O–H groups in total. The maximum atomic E-state index is 13.2. The van der Waals surface area contributed by atoms with Gasteiger partial charge in [-0.1, -0.05) is 52.3 Å². The Bertz CT molecular complexity index is 915. The first kappa shape index (κ1) is 22.0. The lowest BCUT2D eigenvalue weighted by atomic mass is 10.0. The van der Waals surface area contributed by atoms with Crippen molar-refractivity contribution in [2.45, 2.75) is 12.5 Å². The zero-order valence-corrected chi connectivity index (χ0v) is 19.4. The molecule has 2 atom stereocenters. The summed E-state index contributed by atoms with van der Waals surface area (Å²) < 4.78 is 0.919. The number of benzene rings is 2. The van der Waals surface area contributed by atoms with Gasteiger partial charge in [-0.15, -0.1) is 0 Å². The van der Waals surface area contributed by atoms with Gasteiger partial charge in [0, 0.05) is 55.8 Å². The summed E-state index contributed by atoms with van der Waals surface area (Å²) in [6, 6.07) is 17.7. The van der Waals surface area contributed by atoms with E-state index >= 15 is 0 Å². The fourth-order valence-electron chi connectivity index (χ4n) is 4.27. The van der Waals surface area contributed by atoms with Crippen molar-refractivity contribution in [1.29, 1.82) is 0 Å². The summed E-state index contributed by atoms with van der Waals surface area (Å²) >= 11 is 3.46. The summed E-state index contributed by atoms with van der Waals surface area (Å²) in [6.45, 7) is 5.25. The summed E-state index contributed by atoms with van der Waals surface area (Å²) in [4.78, 5) is 32.3. The summed E-state index contributed by atoms with van der Waals surface area (Å²) in [5.74, 6) is -0.396. The van der Waals surface area contributed by atoms with Crippen LogP contribution in [-0.4, -0.2) is 67.9 Å². The van der Waals surface area contributed by atoms with Crippen LogP contribution in [0.5, 0.6) is 0 Å². The molecule has 0 radical (unpaired) electrons. The maximum Gasteiger partial charge on any atom is 0.227 e. The van der Waals surface area contributed by atoms with E-state index < -0.39 is 0 Å². The Morgan fingerprint density at radius 1 is 1.10 bits per heavy atom. The van der Waals surface area contributed by atoms with Gasteiger partial charge in [-0.3, -0.25) is 14.5 Å². The normalized spacial score (nSPS) is 21.3. The van der Waals surface area contributed by atoms with Crippen molar-refractivity contribution in [3.05, 3.63) is 64.6 Å². The van der Waals surface area contributed by atoms with Gasteiger partial charge >= 0.3 is 0 Å². The largest absolute Gasteiger partial charge is 0.348 e. The molecule has 31 heavy (non-hydrogen) atoms. The third-order valence-corrected chi connectivity index (χ3v) is 6.66. The smallest absolute Gasteiger partial charge is 0.227 e. The summed E-state index contributed by atoms with van der Waals surface area (Å²) in [5, 5.41) is 3.26. The van der Waals surface area contributed by atoms with Crippen LogP contribution in [0, 0.1) is 5.92 Å². The molecule has 2 aliphatic heterocycles. The molecular formula is C24H29BrN4O2. The maximum absolute atomic E-state index is 13.2. The molecule has 0 bridgehead atoms. The van der Waals surface area contributed by atoms with Crippen molar-refractivity contribution in [2.75, 3.05) is 51.2 Å². The lowest BCUT2D eigenvalue weighted by Gasteiger charge is -2.35. The number of piperazine rings is 1. The molecule has 2 unspecified atom stereocenters. The van der Waals surface area contributed by atoms with E-state index in [2.05, 4.69) is 50.2 Å². The van der Waals surface area contributed by atoms with E-state index in [4.69, 9.17) is 0 Å². The van der Waals surface area contributed by atoms with E-state index in [9.17, 15) is 9.59 Å². The second-order valence-electron chi connectivity index (χ2n) is 8.46. The van der Waals surface area contributed by atoms with Gasteiger partial charge in [0.15, 0.2) is 0 Å². The van der Waals surface area contributed by atoms with Crippen molar-refractivity contribution < 1.29 is 9.59 Å². The standard InChI is InChI=1S/C24H29BrN4O2/c1-27-10-12-28(13-11-27)17-22(18-6-3-2-4-7-18)26-24(31)19-14-23(30)29(16-19)21-9-5-8-20(25)15-21/h2-9,15,19,22H,10-14,16-17H2,1H3,(H,26,31). The molecule has 7 heteroatoms. The van der Waals surface area contributed by atoms with E-state index in [-0.39, 0.29) is 30.2 Å². The van der Waals surface area contributed by atoms with Crippen LogP contribution >= 0.6 is 15.9 Å². The van der Waals surface area contributed by atoms with Gasteiger partial charge in [0.05, 0.1) is 12.0 Å². The molecule has 2 heterocycles. The van der Waals surface area contributed by atoms with Crippen LogP contribution in [-0.2, 0) is 9.59 Å². The van der Waals surface area contributed by atoms with E-state index in [0.717, 1.165) is 48.4 Å². The number of halogens is 1. The second kappa shape index (κ2) is 9.94. The van der Waals surface area contributed by atoms with Crippen LogP contribution in [0.2, 0.25) is 0 Å². The third kappa shape index (κ3) is 5.53. The molecule has 164 valence electrons. The quantitative estimate of drug-likeness (QED) is 0.684. The van der Waals surface area contributed by atoms with E-state index in [1.54, 1.807) is 4.90 Å². The van der Waals surface area contributed by atoms with Crippen molar-refractivity contribution in [3.63, 3.8) is 0 Å². The number of carbonyl (C=O) groups is 2. The van der Waals surface area contributed by atoms with Crippen molar-refractivity contribution in [1.82, 2.24) is 15.1 Å². The first-order valence-electron chi connectivity index (χ1n) is 10.8. The number of hydrogen-bond donors (Lipinski definition) is 1. The minimum Gasteiger partial charge on any atom is -0.348 e. The number of rotatable bonds is 6. The van der Waals surface area contributed by atoms with Gasteiger partial charge in [0.1, 0.15) is 0 Å². The predicted molar refractivity (Wildman–Crippen MR) is 126 cm³/mol. The molecule has 2 fully saturated rings. The number of hydrogen-bond acceptors (Lipinski definition) is 4. The molecule has 2 aromatic rings. The topological polar surface area (TPSA) is 55.9 Å². The highest BCUT2D eigenvalue weighted by atomic mass is 79.9. The minimum atomic E-state index is -0.342. The molecule has 2 amide bonds. The van der Waals surface area contributed by atoms with E-state index in [1.165, 1.54) is 0 Å². The van der Waals surface area contributed by atoms with Crippen LogP contribution in [0.4, 0.5) is 5.69 Å². The molecule has 0 saturated carbocycles. The Morgan fingerprint density at radius 2 is 1.84 bits per heavy atom. The minimum absolute atomic E-state index is 0.00595. The van der Waals surface area contributed by atoms with Crippen molar-refractivity contribution in [3.8, 4) is 0 Å². The third-order valence-electron chi connectivity index (χ3n) is 6.17. The highest BCUT2D eigenvalue weighted by Crippen LogP contribution is 2.28. The van der Waals surface area contributed by atoms with Gasteiger partial charge in [-0.2, -0.15) is 0 Å². The van der Waals surface area contributed by atoms with Gasteiger partial charge in [0.2, 0.25) is 11.8 Å². The fraction of sp³-hybridized carbons (Fsp3) is 0.417. The van der Waals surface area contributed by atoms with Crippen LogP contribution in [0.25, 0.3) is 0 Å². The number of amides is 2. The first-order chi connectivity index (χ1) is 15.0. The van der Waals surface area contributed by atoms with Gasteiger partial charge in [-0.25, -0.2) is 0 Å². The van der Waals surface area contributed by atoms with Crippen LogP contribution < -0.4 is 10.2 Å². The fourth-order valence-corrected chi connectivity index (χ4v) is 4.66. The van der Waals surface area contributed by atoms with Crippen LogP contribution in [0.1, 0.15) is 18.0 Å². The Hall–Kier alpha value is -2.22. The van der Waals surface area contributed by atoms with Gasteiger partial charge in [-0.05, 0) is 30.8 Å². The van der Waals surface area contributed by atoms with E-state index in [0.29, 0.717) is 6.54 Å². The monoisotopic (exact) mass is 484 g/mol. The van der Waals surface area contributed by atoms with Crippen LogP contribution in [0.3, 0.4) is 0 Å². The molecule has 6 nitrogen and oxygen atoms in total. The highest BCUT2D eigenvalue weighted by molar-refractivity contribution is 9.10. The van der Waals surface area contributed by atoms with Gasteiger partial charge in [0.25, 0.3) is 0 Å². The molecule has 2 aromatic carbocycles. The van der Waals surface area contributed by atoms with Crippen LogP contribution in [0.15, 0.2) is 59.1 Å².